The number of pyridine rings is 1. The molecule has 2 N–H and O–H groups in total. The lowest BCUT2D eigenvalue weighted by Gasteiger charge is -2.24. The van der Waals surface area contributed by atoms with Crippen LogP contribution in [0.15, 0.2) is 36.5 Å². The van der Waals surface area contributed by atoms with Crippen LogP contribution in [0.3, 0.4) is 0 Å². The first-order chi connectivity index (χ1) is 9.65. The Balaban J connectivity index is 1.88. The molecule has 0 bridgehead atoms. The minimum atomic E-state index is -0.198. The Labute approximate surface area is 117 Å². The van der Waals surface area contributed by atoms with Gasteiger partial charge in [-0.1, -0.05) is 18.2 Å². The van der Waals surface area contributed by atoms with Crippen molar-refractivity contribution in [3.8, 4) is 5.75 Å². The number of nitrogens with two attached hydrogens (primary N) is 1. The molecule has 20 heavy (non-hydrogen) atoms. The van der Waals surface area contributed by atoms with Crippen LogP contribution in [0.4, 0.5) is 5.82 Å². The van der Waals surface area contributed by atoms with Gasteiger partial charge in [-0.05, 0) is 36.6 Å². The summed E-state index contributed by atoms with van der Waals surface area (Å²) in [5.41, 5.74) is 8.31. The van der Waals surface area contributed by atoms with Crippen LogP contribution in [0.25, 0.3) is 0 Å². The third-order valence-electron chi connectivity index (χ3n) is 3.57. The van der Waals surface area contributed by atoms with Crippen LogP contribution in [-0.4, -0.2) is 17.4 Å². The molecule has 3 rings (SSSR count). The first-order valence-corrected chi connectivity index (χ1v) is 6.62. The van der Waals surface area contributed by atoms with E-state index in [1.807, 2.05) is 31.2 Å². The number of fused-ring (bicyclic) bond motifs is 1. The normalized spacial score (nSPS) is 17.1. The summed E-state index contributed by atoms with van der Waals surface area (Å²) in [4.78, 5) is 16.6. The maximum Gasteiger partial charge on any atom is 0.173 e. The molecule has 0 saturated carbocycles. The van der Waals surface area contributed by atoms with Crippen molar-refractivity contribution in [3.05, 3.63) is 53.2 Å². The highest BCUT2D eigenvalue weighted by molar-refractivity contribution is 6.02. The van der Waals surface area contributed by atoms with E-state index < -0.39 is 0 Å². The molecule has 0 radical (unpaired) electrons. The summed E-state index contributed by atoms with van der Waals surface area (Å²) in [7, 11) is 0. The summed E-state index contributed by atoms with van der Waals surface area (Å²) < 4.78 is 5.67. The van der Waals surface area contributed by atoms with Gasteiger partial charge in [0.1, 0.15) is 11.6 Å². The summed E-state index contributed by atoms with van der Waals surface area (Å²) in [6, 6.07) is 9.61. The molecule has 4 nitrogen and oxygen atoms in total. The highest BCUT2D eigenvalue weighted by Crippen LogP contribution is 2.29. The molecule has 1 aromatic carbocycles. The number of aromatic nitrogens is 1. The Morgan fingerprint density at radius 3 is 3.05 bits per heavy atom. The number of hydrogen-bond acceptors (Lipinski definition) is 4. The Morgan fingerprint density at radius 2 is 2.20 bits per heavy atom. The molecule has 1 atom stereocenters. The standard InChI is InChI=1S/C16H16N2O2/c1-10-6-13(16(17)18-8-10)15(19)12-7-11-4-2-3-5-14(11)20-9-12/h2-6,8,12H,7,9H2,1H3,(H2,17,18). The molecule has 1 aromatic heterocycles. The maximum atomic E-state index is 12.6. The molecule has 0 amide bonds. The van der Waals surface area contributed by atoms with Gasteiger partial charge < -0.3 is 10.5 Å². The largest absolute Gasteiger partial charge is 0.493 e. The molecule has 0 spiro atoms. The van der Waals surface area contributed by atoms with Gasteiger partial charge in [0.15, 0.2) is 5.78 Å². The van der Waals surface area contributed by atoms with Crippen molar-refractivity contribution in [3.63, 3.8) is 0 Å². The molecule has 1 aliphatic rings. The molecule has 2 aromatic rings. The van der Waals surface area contributed by atoms with Crippen LogP contribution in [0.5, 0.6) is 5.75 Å². The number of nitrogens with zero attached hydrogens (tertiary/aromatic N) is 1. The minimum Gasteiger partial charge on any atom is -0.493 e. The van der Waals surface area contributed by atoms with Gasteiger partial charge in [0.25, 0.3) is 0 Å². The number of rotatable bonds is 2. The molecular weight excluding hydrogens is 252 g/mol. The number of carbonyl (C=O) groups excluding carboxylic acids is 1. The molecule has 1 unspecified atom stereocenters. The van der Waals surface area contributed by atoms with Crippen molar-refractivity contribution in [2.45, 2.75) is 13.3 Å². The zero-order valence-electron chi connectivity index (χ0n) is 11.3. The molecule has 4 heteroatoms. The van der Waals surface area contributed by atoms with E-state index >= 15 is 0 Å². The Hall–Kier alpha value is -2.36. The summed E-state index contributed by atoms with van der Waals surface area (Å²) in [6.45, 7) is 2.29. The Kier molecular flexibility index (Phi) is 3.14. The van der Waals surface area contributed by atoms with Crippen LogP contribution in [0.1, 0.15) is 21.5 Å². The van der Waals surface area contributed by atoms with Crippen molar-refractivity contribution in [1.29, 1.82) is 0 Å². The third kappa shape index (κ3) is 2.25. The van der Waals surface area contributed by atoms with Crippen LogP contribution < -0.4 is 10.5 Å². The summed E-state index contributed by atoms with van der Waals surface area (Å²) >= 11 is 0. The quantitative estimate of drug-likeness (QED) is 0.849. The minimum absolute atomic E-state index is 0.00760. The number of Topliss-reactive ketones (excluding diaryl/α,β-unsaturated/α-hetero) is 1. The second-order valence-electron chi connectivity index (χ2n) is 5.13. The smallest absolute Gasteiger partial charge is 0.173 e. The predicted molar refractivity (Wildman–Crippen MR) is 76.8 cm³/mol. The van der Waals surface area contributed by atoms with E-state index in [1.165, 1.54) is 0 Å². The highest BCUT2D eigenvalue weighted by atomic mass is 16.5. The molecular formula is C16H16N2O2. The topological polar surface area (TPSA) is 65.2 Å². The summed E-state index contributed by atoms with van der Waals surface area (Å²) in [6.07, 6.45) is 2.35. The highest BCUT2D eigenvalue weighted by Gasteiger charge is 2.28. The van der Waals surface area contributed by atoms with Crippen molar-refractivity contribution in [2.24, 2.45) is 5.92 Å². The van der Waals surface area contributed by atoms with Gasteiger partial charge >= 0.3 is 0 Å². The monoisotopic (exact) mass is 268 g/mol. The Morgan fingerprint density at radius 1 is 1.40 bits per heavy atom. The third-order valence-corrected chi connectivity index (χ3v) is 3.57. The van der Waals surface area contributed by atoms with E-state index in [4.69, 9.17) is 10.5 Å². The van der Waals surface area contributed by atoms with Crippen molar-refractivity contribution in [2.75, 3.05) is 12.3 Å². The fourth-order valence-electron chi connectivity index (χ4n) is 2.49. The summed E-state index contributed by atoms with van der Waals surface area (Å²) in [5, 5.41) is 0. The molecule has 102 valence electrons. The van der Waals surface area contributed by atoms with Gasteiger partial charge in [0.05, 0.1) is 18.1 Å². The van der Waals surface area contributed by atoms with Gasteiger partial charge in [-0.2, -0.15) is 0 Å². The van der Waals surface area contributed by atoms with Crippen molar-refractivity contribution >= 4 is 11.6 Å². The summed E-state index contributed by atoms with van der Waals surface area (Å²) in [5.74, 6) is 0.968. The van der Waals surface area contributed by atoms with E-state index in [0.29, 0.717) is 24.4 Å². The van der Waals surface area contributed by atoms with Crippen molar-refractivity contribution < 1.29 is 9.53 Å². The second-order valence-corrected chi connectivity index (χ2v) is 5.13. The lowest BCUT2D eigenvalue weighted by atomic mass is 9.89. The number of aryl methyl sites for hydroxylation is 1. The van der Waals surface area contributed by atoms with Gasteiger partial charge in [-0.25, -0.2) is 4.98 Å². The number of carbonyl (C=O) groups is 1. The second kappa shape index (κ2) is 4.96. The van der Waals surface area contributed by atoms with E-state index in [2.05, 4.69) is 4.98 Å². The number of ether oxygens (including phenoxy) is 1. The van der Waals surface area contributed by atoms with Crippen LogP contribution in [0, 0.1) is 12.8 Å². The van der Waals surface area contributed by atoms with Gasteiger partial charge in [0.2, 0.25) is 0 Å². The average molecular weight is 268 g/mol. The number of hydrogen-bond donors (Lipinski definition) is 1. The van der Waals surface area contributed by atoms with E-state index in [0.717, 1.165) is 16.9 Å². The average Bonchev–Trinajstić information content (AvgIpc) is 2.48. The van der Waals surface area contributed by atoms with Gasteiger partial charge in [-0.15, -0.1) is 0 Å². The van der Waals surface area contributed by atoms with Gasteiger partial charge in [-0.3, -0.25) is 4.79 Å². The Bertz CT molecular complexity index is 667. The molecule has 1 aliphatic heterocycles. The number of nitrogen functional groups attached to an aromatic ring is 1. The fourth-order valence-corrected chi connectivity index (χ4v) is 2.49. The van der Waals surface area contributed by atoms with E-state index in [-0.39, 0.29) is 11.7 Å². The lowest BCUT2D eigenvalue weighted by Crippen LogP contribution is -2.29. The van der Waals surface area contributed by atoms with Crippen LogP contribution in [-0.2, 0) is 6.42 Å². The maximum absolute atomic E-state index is 12.6. The first-order valence-electron chi connectivity index (χ1n) is 6.62. The zero-order chi connectivity index (χ0) is 14.1. The molecule has 0 saturated heterocycles. The first kappa shape index (κ1) is 12.7. The number of ketones is 1. The van der Waals surface area contributed by atoms with E-state index in [1.54, 1.807) is 12.3 Å². The predicted octanol–water partition coefficient (Wildman–Crippen LogP) is 2.41. The lowest BCUT2D eigenvalue weighted by molar-refractivity contribution is 0.0855. The van der Waals surface area contributed by atoms with Gasteiger partial charge in [0, 0.05) is 6.20 Å². The molecule has 0 aliphatic carbocycles. The van der Waals surface area contributed by atoms with Crippen LogP contribution in [0.2, 0.25) is 0 Å². The number of benzene rings is 1. The SMILES string of the molecule is Cc1cnc(N)c(C(=O)C2COc3ccccc3C2)c1. The molecule has 2 heterocycles. The van der Waals surface area contributed by atoms with Crippen molar-refractivity contribution in [1.82, 2.24) is 4.98 Å². The van der Waals surface area contributed by atoms with Crippen LogP contribution >= 0.6 is 0 Å². The zero-order valence-corrected chi connectivity index (χ0v) is 11.3. The molecule has 0 fully saturated rings. The fraction of sp³-hybridized carbons (Fsp3) is 0.250. The number of para-hydroxylation sites is 1. The number of anilines is 1. The van der Waals surface area contributed by atoms with E-state index in [9.17, 15) is 4.79 Å².